The maximum absolute atomic E-state index is 5.81. The van der Waals surface area contributed by atoms with Gasteiger partial charge in [-0.25, -0.2) is 0 Å². The molecular weight excluding hydrogens is 200 g/mol. The van der Waals surface area contributed by atoms with Gasteiger partial charge in [0.15, 0.2) is 0 Å². The van der Waals surface area contributed by atoms with Crippen molar-refractivity contribution in [2.24, 2.45) is 0 Å². The summed E-state index contributed by atoms with van der Waals surface area (Å²) in [5.74, 6) is 0. The predicted molar refractivity (Wildman–Crippen MR) is 66.7 cm³/mol. The molecule has 0 spiro atoms. The Labute approximate surface area is 99.5 Å². The van der Waals surface area contributed by atoms with Gasteiger partial charge in [-0.05, 0) is 32.2 Å². The van der Waals surface area contributed by atoms with Crippen molar-refractivity contribution in [2.75, 3.05) is 32.8 Å². The van der Waals surface area contributed by atoms with Gasteiger partial charge in [-0.2, -0.15) is 0 Å². The van der Waals surface area contributed by atoms with Crippen molar-refractivity contribution in [3.05, 3.63) is 0 Å². The van der Waals surface area contributed by atoms with Crippen LogP contribution in [-0.2, 0) is 4.74 Å². The lowest BCUT2D eigenvalue weighted by Gasteiger charge is -2.44. The van der Waals surface area contributed by atoms with Gasteiger partial charge >= 0.3 is 0 Å². The zero-order chi connectivity index (χ0) is 11.4. The molecule has 0 aromatic heterocycles. The van der Waals surface area contributed by atoms with Crippen molar-refractivity contribution in [1.29, 1.82) is 0 Å². The monoisotopic (exact) mass is 226 g/mol. The second-order valence-electron chi connectivity index (χ2n) is 5.25. The van der Waals surface area contributed by atoms with E-state index in [2.05, 4.69) is 24.1 Å². The first-order valence-electron chi connectivity index (χ1n) is 6.87. The lowest BCUT2D eigenvalue weighted by molar-refractivity contribution is -0.0316. The van der Waals surface area contributed by atoms with Gasteiger partial charge in [-0.15, -0.1) is 0 Å². The fourth-order valence-corrected chi connectivity index (χ4v) is 2.78. The summed E-state index contributed by atoms with van der Waals surface area (Å²) in [7, 11) is 0. The first-order valence-corrected chi connectivity index (χ1v) is 6.87. The summed E-state index contributed by atoms with van der Waals surface area (Å²) in [5.41, 5.74) is 0.456. The largest absolute Gasteiger partial charge is 0.374 e. The van der Waals surface area contributed by atoms with Crippen LogP contribution >= 0.6 is 0 Å². The molecule has 1 N–H and O–H groups in total. The highest BCUT2D eigenvalue weighted by atomic mass is 16.5. The lowest BCUT2D eigenvalue weighted by atomic mass is 9.75. The first-order chi connectivity index (χ1) is 7.78. The third kappa shape index (κ3) is 2.76. The van der Waals surface area contributed by atoms with Crippen molar-refractivity contribution < 1.29 is 4.74 Å². The van der Waals surface area contributed by atoms with Gasteiger partial charge in [-0.3, -0.25) is 4.90 Å². The summed E-state index contributed by atoms with van der Waals surface area (Å²) in [6.07, 6.45) is 5.77. The first kappa shape index (κ1) is 12.3. The van der Waals surface area contributed by atoms with Gasteiger partial charge in [-0.1, -0.05) is 13.8 Å². The fourth-order valence-electron chi connectivity index (χ4n) is 2.78. The Balaban J connectivity index is 1.72. The average Bonchev–Trinajstić information content (AvgIpc) is 2.29. The Hall–Kier alpha value is -0.120. The molecule has 1 atom stereocenters. The molecule has 0 amide bonds. The van der Waals surface area contributed by atoms with E-state index in [1.807, 2.05) is 0 Å². The van der Waals surface area contributed by atoms with Crippen molar-refractivity contribution in [2.45, 2.75) is 51.2 Å². The highest BCUT2D eigenvalue weighted by molar-refractivity contribution is 4.95. The second-order valence-corrected chi connectivity index (χ2v) is 5.25. The summed E-state index contributed by atoms with van der Waals surface area (Å²) in [4.78, 5) is 2.48. The van der Waals surface area contributed by atoms with Gasteiger partial charge in [0.1, 0.15) is 0 Å². The third-order valence-electron chi connectivity index (χ3n) is 4.36. The molecule has 16 heavy (non-hydrogen) atoms. The van der Waals surface area contributed by atoms with Crippen LogP contribution < -0.4 is 5.32 Å². The minimum absolute atomic E-state index is 0.401. The minimum atomic E-state index is 0.401. The van der Waals surface area contributed by atoms with Crippen LogP contribution in [0.3, 0.4) is 0 Å². The molecule has 1 saturated carbocycles. The SMILES string of the molecule is CCN1CCOC(CNC2(CC)CCC2)C1. The molecule has 2 aliphatic rings. The number of hydrogen-bond donors (Lipinski definition) is 1. The maximum atomic E-state index is 5.81. The average molecular weight is 226 g/mol. The Morgan fingerprint density at radius 1 is 1.38 bits per heavy atom. The van der Waals surface area contributed by atoms with E-state index in [9.17, 15) is 0 Å². The Morgan fingerprint density at radius 3 is 2.75 bits per heavy atom. The normalized spacial score (nSPS) is 30.0. The molecule has 1 heterocycles. The van der Waals surface area contributed by atoms with Crippen LogP contribution in [0.1, 0.15) is 39.5 Å². The van der Waals surface area contributed by atoms with E-state index in [1.165, 1.54) is 25.7 Å². The zero-order valence-corrected chi connectivity index (χ0v) is 10.8. The standard InChI is InChI=1S/C13H26N2O/c1-3-13(6-5-7-13)14-10-12-11-15(4-2)8-9-16-12/h12,14H,3-11H2,1-2H3. The van der Waals surface area contributed by atoms with E-state index in [0.717, 1.165) is 32.8 Å². The van der Waals surface area contributed by atoms with Crippen LogP contribution in [0.15, 0.2) is 0 Å². The molecule has 94 valence electrons. The van der Waals surface area contributed by atoms with Crippen molar-refractivity contribution in [3.8, 4) is 0 Å². The highest BCUT2D eigenvalue weighted by Crippen LogP contribution is 2.34. The maximum Gasteiger partial charge on any atom is 0.0826 e. The summed E-state index contributed by atoms with van der Waals surface area (Å²) in [6, 6.07) is 0. The quantitative estimate of drug-likeness (QED) is 0.771. The highest BCUT2D eigenvalue weighted by Gasteiger charge is 2.35. The van der Waals surface area contributed by atoms with Gasteiger partial charge in [0.2, 0.25) is 0 Å². The summed E-state index contributed by atoms with van der Waals surface area (Å²) in [6.45, 7) is 9.82. The van der Waals surface area contributed by atoms with E-state index >= 15 is 0 Å². The topological polar surface area (TPSA) is 24.5 Å². The number of nitrogens with zero attached hydrogens (tertiary/aromatic N) is 1. The van der Waals surface area contributed by atoms with Crippen molar-refractivity contribution in [1.82, 2.24) is 10.2 Å². The minimum Gasteiger partial charge on any atom is -0.374 e. The van der Waals surface area contributed by atoms with Gasteiger partial charge in [0, 0.05) is 25.2 Å². The molecule has 1 saturated heterocycles. The van der Waals surface area contributed by atoms with E-state index in [-0.39, 0.29) is 0 Å². The van der Waals surface area contributed by atoms with Crippen LogP contribution in [0.5, 0.6) is 0 Å². The summed E-state index contributed by atoms with van der Waals surface area (Å²) < 4.78 is 5.81. The Bertz CT molecular complexity index is 210. The van der Waals surface area contributed by atoms with Crippen LogP contribution in [0.2, 0.25) is 0 Å². The predicted octanol–water partition coefficient (Wildman–Crippen LogP) is 1.63. The molecule has 1 unspecified atom stereocenters. The van der Waals surface area contributed by atoms with Gasteiger partial charge in [0.05, 0.1) is 12.7 Å². The van der Waals surface area contributed by atoms with Gasteiger partial charge in [0.25, 0.3) is 0 Å². The number of ether oxygens (including phenoxy) is 1. The van der Waals surface area contributed by atoms with Crippen LogP contribution in [-0.4, -0.2) is 49.3 Å². The van der Waals surface area contributed by atoms with Gasteiger partial charge < -0.3 is 10.1 Å². The molecule has 1 aliphatic carbocycles. The molecule has 2 fully saturated rings. The smallest absolute Gasteiger partial charge is 0.0826 e. The number of rotatable bonds is 5. The Morgan fingerprint density at radius 2 is 2.19 bits per heavy atom. The van der Waals surface area contributed by atoms with Crippen LogP contribution in [0, 0.1) is 0 Å². The summed E-state index contributed by atoms with van der Waals surface area (Å²) in [5, 5.41) is 3.74. The van der Waals surface area contributed by atoms with Crippen molar-refractivity contribution >= 4 is 0 Å². The number of hydrogen-bond acceptors (Lipinski definition) is 3. The molecule has 0 bridgehead atoms. The lowest BCUT2D eigenvalue weighted by Crippen LogP contribution is -2.55. The number of likely N-dealkylation sites (N-methyl/N-ethyl adjacent to an activating group) is 1. The molecule has 0 aromatic rings. The van der Waals surface area contributed by atoms with Crippen molar-refractivity contribution in [3.63, 3.8) is 0 Å². The molecule has 0 radical (unpaired) electrons. The molecule has 2 rings (SSSR count). The van der Waals surface area contributed by atoms with Crippen LogP contribution in [0.25, 0.3) is 0 Å². The van der Waals surface area contributed by atoms with Crippen LogP contribution in [0.4, 0.5) is 0 Å². The number of morpholine rings is 1. The molecular formula is C13H26N2O. The van der Waals surface area contributed by atoms with E-state index in [0.29, 0.717) is 11.6 Å². The zero-order valence-electron chi connectivity index (χ0n) is 10.8. The van der Waals surface area contributed by atoms with E-state index in [4.69, 9.17) is 4.74 Å². The molecule has 1 aliphatic heterocycles. The fraction of sp³-hybridized carbons (Fsp3) is 1.00. The summed E-state index contributed by atoms with van der Waals surface area (Å²) >= 11 is 0. The van der Waals surface area contributed by atoms with E-state index in [1.54, 1.807) is 0 Å². The molecule has 0 aromatic carbocycles. The molecule has 3 heteroatoms. The van der Waals surface area contributed by atoms with E-state index < -0.39 is 0 Å². The number of nitrogens with one attached hydrogen (secondary N) is 1. The Kier molecular flexibility index (Phi) is 4.22. The molecule has 3 nitrogen and oxygen atoms in total. The third-order valence-corrected chi connectivity index (χ3v) is 4.36. The second kappa shape index (κ2) is 5.48.